The lowest BCUT2D eigenvalue weighted by atomic mass is 10.00. The average molecular weight is 225 g/mol. The van der Waals surface area contributed by atoms with E-state index in [4.69, 9.17) is 0 Å². The summed E-state index contributed by atoms with van der Waals surface area (Å²) in [6.07, 6.45) is 2.63. The molecule has 2 aliphatic heterocycles. The number of carbonyl (C=O) groups excluding carboxylic acids is 2. The maximum Gasteiger partial charge on any atom is 0.254 e. The molecule has 0 aromatic rings. The quantitative estimate of drug-likeness (QED) is 0.705. The van der Waals surface area contributed by atoms with Crippen LogP contribution in [0.15, 0.2) is 0 Å². The van der Waals surface area contributed by atoms with Crippen molar-refractivity contribution in [1.29, 1.82) is 0 Å². The monoisotopic (exact) mass is 225 g/mol. The van der Waals surface area contributed by atoms with E-state index in [9.17, 15) is 9.59 Å². The first-order valence-corrected chi connectivity index (χ1v) is 5.91. The molecule has 2 aliphatic rings. The van der Waals surface area contributed by atoms with Crippen LogP contribution >= 0.6 is 0 Å². The molecule has 0 bridgehead atoms. The van der Waals surface area contributed by atoms with Gasteiger partial charge in [0.15, 0.2) is 5.78 Å². The van der Waals surface area contributed by atoms with E-state index >= 15 is 0 Å². The largest absolute Gasteiger partial charge is 0.309 e. The minimum atomic E-state index is -0.239. The van der Waals surface area contributed by atoms with Gasteiger partial charge in [0.25, 0.3) is 5.91 Å². The van der Waals surface area contributed by atoms with E-state index in [2.05, 4.69) is 5.32 Å². The molecule has 1 amide bonds. The summed E-state index contributed by atoms with van der Waals surface area (Å²) in [6, 6.07) is -0.367. The van der Waals surface area contributed by atoms with Crippen molar-refractivity contribution in [2.45, 2.75) is 38.3 Å². The molecule has 2 rings (SSSR count). The number of Topliss-reactive ketones (excluding diaryl/α,β-unsaturated/α-hetero) is 1. The van der Waals surface area contributed by atoms with E-state index in [0.29, 0.717) is 0 Å². The highest BCUT2D eigenvalue weighted by atomic mass is 16.2. The molecule has 2 saturated heterocycles. The second-order valence-corrected chi connectivity index (χ2v) is 4.54. The van der Waals surface area contributed by atoms with E-state index in [1.54, 1.807) is 19.0 Å². The Hall–Kier alpha value is -0.940. The van der Waals surface area contributed by atoms with Gasteiger partial charge in [-0.1, -0.05) is 0 Å². The van der Waals surface area contributed by atoms with Crippen molar-refractivity contribution in [2.24, 2.45) is 0 Å². The van der Waals surface area contributed by atoms with Crippen molar-refractivity contribution in [3.8, 4) is 0 Å². The number of fused-ring (bicyclic) bond motifs is 1. The summed E-state index contributed by atoms with van der Waals surface area (Å²) in [6.45, 7) is 3.33. The molecule has 16 heavy (non-hydrogen) atoms. The first-order chi connectivity index (χ1) is 7.65. The lowest BCUT2D eigenvalue weighted by molar-refractivity contribution is -0.175. The Bertz CT molecular complexity index is 306. The number of ketones is 1. The summed E-state index contributed by atoms with van der Waals surface area (Å²) in [5.74, 6) is 0.142. The molecule has 0 saturated carbocycles. The van der Waals surface area contributed by atoms with Gasteiger partial charge in [-0.2, -0.15) is 0 Å². The van der Waals surface area contributed by atoms with Gasteiger partial charge in [-0.15, -0.1) is 0 Å². The predicted molar refractivity (Wildman–Crippen MR) is 59.6 cm³/mol. The summed E-state index contributed by atoms with van der Waals surface area (Å²) in [4.78, 5) is 23.7. The van der Waals surface area contributed by atoms with Crippen LogP contribution in [0.4, 0.5) is 0 Å². The van der Waals surface area contributed by atoms with Crippen LogP contribution in [0.2, 0.25) is 0 Å². The first-order valence-electron chi connectivity index (χ1n) is 5.91. The van der Waals surface area contributed by atoms with Gasteiger partial charge in [-0.05, 0) is 33.2 Å². The second-order valence-electron chi connectivity index (χ2n) is 4.54. The Labute approximate surface area is 95.7 Å². The first kappa shape index (κ1) is 11.5. The van der Waals surface area contributed by atoms with Gasteiger partial charge in [0.1, 0.15) is 6.04 Å². The highest BCUT2D eigenvalue weighted by Gasteiger charge is 2.41. The number of nitrogens with zero attached hydrogens (tertiary/aromatic N) is 2. The smallest absolute Gasteiger partial charge is 0.254 e. The van der Waals surface area contributed by atoms with Crippen molar-refractivity contribution in [3.05, 3.63) is 0 Å². The van der Waals surface area contributed by atoms with E-state index in [1.165, 1.54) is 0 Å². The van der Waals surface area contributed by atoms with Crippen LogP contribution in [0.5, 0.6) is 0 Å². The molecule has 5 nitrogen and oxygen atoms in total. The summed E-state index contributed by atoms with van der Waals surface area (Å²) in [5.41, 5.74) is 0. The fourth-order valence-corrected chi connectivity index (χ4v) is 2.61. The molecule has 0 radical (unpaired) electrons. The van der Waals surface area contributed by atoms with E-state index in [0.717, 1.165) is 32.4 Å². The zero-order chi connectivity index (χ0) is 11.7. The Morgan fingerprint density at radius 3 is 2.75 bits per heavy atom. The summed E-state index contributed by atoms with van der Waals surface area (Å²) in [7, 11) is 1.80. The van der Waals surface area contributed by atoms with Gasteiger partial charge in [-0.25, -0.2) is 5.01 Å². The third-order valence-corrected chi connectivity index (χ3v) is 3.51. The molecule has 0 spiro atoms. The molecule has 0 aliphatic carbocycles. The molecule has 5 heteroatoms. The number of hydrogen-bond acceptors (Lipinski definition) is 4. The Morgan fingerprint density at radius 1 is 1.38 bits per heavy atom. The molecule has 0 aromatic carbocycles. The Morgan fingerprint density at radius 2 is 2.12 bits per heavy atom. The van der Waals surface area contributed by atoms with E-state index in [1.807, 2.05) is 5.01 Å². The number of hydrogen-bond donors (Lipinski definition) is 1. The lowest BCUT2D eigenvalue weighted by Crippen LogP contribution is -2.65. The van der Waals surface area contributed by atoms with Gasteiger partial charge < -0.3 is 5.32 Å². The van der Waals surface area contributed by atoms with Crippen LogP contribution in [0.3, 0.4) is 0 Å². The second kappa shape index (κ2) is 4.51. The van der Waals surface area contributed by atoms with Crippen LogP contribution in [0, 0.1) is 0 Å². The zero-order valence-electron chi connectivity index (χ0n) is 9.90. The molecule has 2 fully saturated rings. The molecular weight excluding hydrogens is 206 g/mol. The fraction of sp³-hybridized carbons (Fsp3) is 0.818. The number of likely N-dealkylation sites (N-methyl/N-ethyl adjacent to an activating group) is 1. The van der Waals surface area contributed by atoms with Crippen LogP contribution in [0.25, 0.3) is 0 Å². The number of amides is 1. The van der Waals surface area contributed by atoms with Gasteiger partial charge in [-0.3, -0.25) is 14.6 Å². The number of carbonyl (C=O) groups is 2. The lowest BCUT2D eigenvalue weighted by Gasteiger charge is -2.48. The van der Waals surface area contributed by atoms with Crippen molar-refractivity contribution >= 4 is 11.7 Å². The SMILES string of the molecule is CNC1CCN2CCCC(C(C)=O)N2C1=O. The van der Waals surface area contributed by atoms with Gasteiger partial charge >= 0.3 is 0 Å². The molecule has 1 N–H and O–H groups in total. The highest BCUT2D eigenvalue weighted by Crippen LogP contribution is 2.24. The van der Waals surface area contributed by atoms with E-state index in [-0.39, 0.29) is 23.8 Å². The van der Waals surface area contributed by atoms with Crippen LogP contribution in [-0.4, -0.2) is 53.9 Å². The maximum absolute atomic E-state index is 12.2. The highest BCUT2D eigenvalue weighted by molar-refractivity contribution is 5.90. The summed E-state index contributed by atoms with van der Waals surface area (Å²) >= 11 is 0. The Balaban J connectivity index is 2.20. The van der Waals surface area contributed by atoms with Crippen LogP contribution in [-0.2, 0) is 9.59 Å². The molecule has 2 heterocycles. The summed E-state index contributed by atoms with van der Waals surface area (Å²) in [5, 5.41) is 6.74. The predicted octanol–water partition coefficient (Wildman–Crippen LogP) is -0.225. The third-order valence-electron chi connectivity index (χ3n) is 3.51. The minimum absolute atomic E-state index is 0.0497. The molecule has 0 aromatic heterocycles. The number of rotatable bonds is 2. The Kier molecular flexibility index (Phi) is 3.25. The minimum Gasteiger partial charge on any atom is -0.309 e. The summed E-state index contributed by atoms with van der Waals surface area (Å²) < 4.78 is 0. The van der Waals surface area contributed by atoms with Crippen molar-refractivity contribution in [3.63, 3.8) is 0 Å². The van der Waals surface area contributed by atoms with Crippen LogP contribution < -0.4 is 5.32 Å². The van der Waals surface area contributed by atoms with Gasteiger partial charge in [0.05, 0.1) is 6.04 Å². The molecular formula is C11H19N3O2. The molecule has 2 atom stereocenters. The zero-order valence-corrected chi connectivity index (χ0v) is 9.90. The van der Waals surface area contributed by atoms with Crippen molar-refractivity contribution in [1.82, 2.24) is 15.3 Å². The van der Waals surface area contributed by atoms with Gasteiger partial charge in [0, 0.05) is 13.1 Å². The maximum atomic E-state index is 12.2. The fourth-order valence-electron chi connectivity index (χ4n) is 2.61. The molecule has 90 valence electrons. The van der Waals surface area contributed by atoms with Gasteiger partial charge in [0.2, 0.25) is 0 Å². The third kappa shape index (κ3) is 1.85. The normalized spacial score (nSPS) is 31.4. The standard InChI is InChI=1S/C11H19N3O2/c1-8(15)10-4-3-6-13-7-5-9(12-2)11(16)14(10)13/h9-10,12H,3-7H2,1-2H3. The average Bonchev–Trinajstić information content (AvgIpc) is 2.29. The number of nitrogens with one attached hydrogen (secondary N) is 1. The van der Waals surface area contributed by atoms with Crippen LogP contribution in [0.1, 0.15) is 26.2 Å². The van der Waals surface area contributed by atoms with Crippen molar-refractivity contribution in [2.75, 3.05) is 20.1 Å². The topological polar surface area (TPSA) is 52.7 Å². The molecule has 2 unspecified atom stereocenters. The van der Waals surface area contributed by atoms with Crippen molar-refractivity contribution < 1.29 is 9.59 Å². The number of hydrazine groups is 1. The van der Waals surface area contributed by atoms with E-state index < -0.39 is 0 Å².